The molecular weight excluding hydrogens is 327 g/mol. The van der Waals surface area contributed by atoms with Gasteiger partial charge in [-0.25, -0.2) is 0 Å². The van der Waals surface area contributed by atoms with Crippen LogP contribution in [0, 0.1) is 5.92 Å². The van der Waals surface area contributed by atoms with Crippen LogP contribution in [0.15, 0.2) is 12.7 Å². The molecule has 0 aromatic carbocycles. The van der Waals surface area contributed by atoms with Gasteiger partial charge in [-0.2, -0.15) is 0 Å². The van der Waals surface area contributed by atoms with Gasteiger partial charge < -0.3 is 22.4 Å². The molecule has 0 amide bonds. The molecule has 0 aliphatic rings. The van der Waals surface area contributed by atoms with Gasteiger partial charge >= 0.3 is 0 Å². The Balaban J connectivity index is -0.0000000817. The average Bonchev–Trinajstić information content (AvgIpc) is 1.83. The second-order valence-corrected chi connectivity index (χ2v) is 1.86. The van der Waals surface area contributed by atoms with E-state index in [1.165, 1.54) is 0 Å². The SMILES string of the molecule is C=CCC(CN)CN.O.O.[Pt]. The number of rotatable bonds is 4. The number of hydrogen-bond acceptors (Lipinski definition) is 2. The topological polar surface area (TPSA) is 115 Å². The molecule has 0 aromatic heterocycles. The minimum absolute atomic E-state index is 0. The maximum Gasteiger partial charge on any atom is 0 e. The zero-order chi connectivity index (χ0) is 6.41. The standard InChI is InChI=1S/C6H14N2.2H2O.Pt/c1-2-3-6(4-7)5-8;;;/h2,6H,1,3-5,7-8H2;2*1H2;. The van der Waals surface area contributed by atoms with E-state index in [1.807, 2.05) is 6.08 Å². The van der Waals surface area contributed by atoms with Crippen molar-refractivity contribution in [2.75, 3.05) is 13.1 Å². The van der Waals surface area contributed by atoms with Gasteiger partial charge in [-0.15, -0.1) is 6.58 Å². The Morgan fingerprint density at radius 1 is 1.18 bits per heavy atom. The Morgan fingerprint density at radius 3 is 1.64 bits per heavy atom. The van der Waals surface area contributed by atoms with Crippen LogP contribution in [-0.4, -0.2) is 24.0 Å². The van der Waals surface area contributed by atoms with Gasteiger partial charge in [-0.05, 0) is 25.4 Å². The Hall–Kier alpha value is 0.268. The van der Waals surface area contributed by atoms with Crippen LogP contribution in [0.2, 0.25) is 0 Å². The summed E-state index contributed by atoms with van der Waals surface area (Å²) in [6, 6.07) is 0. The van der Waals surface area contributed by atoms with Crippen LogP contribution in [0.1, 0.15) is 6.42 Å². The van der Waals surface area contributed by atoms with Crippen LogP contribution in [-0.2, 0) is 21.1 Å². The van der Waals surface area contributed by atoms with Crippen molar-refractivity contribution in [3.05, 3.63) is 12.7 Å². The van der Waals surface area contributed by atoms with E-state index in [2.05, 4.69) is 6.58 Å². The number of nitrogens with two attached hydrogens (primary N) is 2. The van der Waals surface area contributed by atoms with Crippen molar-refractivity contribution < 1.29 is 32.0 Å². The number of allylic oxidation sites excluding steroid dienone is 1. The first-order valence-corrected chi connectivity index (χ1v) is 2.86. The fraction of sp³-hybridized carbons (Fsp3) is 0.667. The van der Waals surface area contributed by atoms with Crippen LogP contribution >= 0.6 is 0 Å². The van der Waals surface area contributed by atoms with Crippen molar-refractivity contribution in [1.29, 1.82) is 0 Å². The van der Waals surface area contributed by atoms with Crippen LogP contribution in [0.4, 0.5) is 0 Å². The minimum Gasteiger partial charge on any atom is -0.412 e. The molecule has 5 heteroatoms. The van der Waals surface area contributed by atoms with E-state index in [0.29, 0.717) is 19.0 Å². The Bertz CT molecular complexity index is 69.6. The zero-order valence-electron chi connectivity index (χ0n) is 6.45. The van der Waals surface area contributed by atoms with E-state index in [9.17, 15) is 0 Å². The predicted molar refractivity (Wildman–Crippen MR) is 43.6 cm³/mol. The van der Waals surface area contributed by atoms with Crippen molar-refractivity contribution in [3.8, 4) is 0 Å². The smallest absolute Gasteiger partial charge is 0 e. The molecule has 0 aliphatic carbocycles. The summed E-state index contributed by atoms with van der Waals surface area (Å²) in [5.41, 5.74) is 10.7. The molecule has 0 rings (SSSR count). The van der Waals surface area contributed by atoms with Crippen molar-refractivity contribution in [2.45, 2.75) is 6.42 Å². The second kappa shape index (κ2) is 16.7. The third-order valence-corrected chi connectivity index (χ3v) is 1.17. The summed E-state index contributed by atoms with van der Waals surface area (Å²) in [5, 5.41) is 0. The molecule has 0 spiro atoms. The van der Waals surface area contributed by atoms with Crippen LogP contribution < -0.4 is 11.5 Å². The van der Waals surface area contributed by atoms with Crippen molar-refractivity contribution in [3.63, 3.8) is 0 Å². The maximum absolute atomic E-state index is 5.34. The van der Waals surface area contributed by atoms with E-state index >= 15 is 0 Å². The molecule has 0 saturated heterocycles. The van der Waals surface area contributed by atoms with E-state index < -0.39 is 0 Å². The Morgan fingerprint density at radius 2 is 1.55 bits per heavy atom. The van der Waals surface area contributed by atoms with Gasteiger partial charge in [0.1, 0.15) is 0 Å². The fourth-order valence-electron chi connectivity index (χ4n) is 0.524. The Labute approximate surface area is 81.9 Å². The molecule has 0 fully saturated rings. The van der Waals surface area contributed by atoms with E-state index in [1.54, 1.807) is 0 Å². The molecule has 0 bridgehead atoms. The monoisotopic (exact) mass is 345 g/mol. The van der Waals surface area contributed by atoms with Gasteiger partial charge in [-0.3, -0.25) is 0 Å². The van der Waals surface area contributed by atoms with Gasteiger partial charge in [-0.1, -0.05) is 6.08 Å². The summed E-state index contributed by atoms with van der Waals surface area (Å²) < 4.78 is 0. The normalized spacial score (nSPS) is 7.18. The molecule has 0 atom stereocenters. The van der Waals surface area contributed by atoms with Gasteiger partial charge in [0.05, 0.1) is 0 Å². The summed E-state index contributed by atoms with van der Waals surface area (Å²) in [6.07, 6.45) is 2.79. The third-order valence-electron chi connectivity index (χ3n) is 1.17. The molecule has 0 aliphatic heterocycles. The largest absolute Gasteiger partial charge is 0.412 e. The maximum atomic E-state index is 5.34. The third kappa shape index (κ3) is 13.3. The van der Waals surface area contributed by atoms with Crippen molar-refractivity contribution in [2.24, 2.45) is 17.4 Å². The van der Waals surface area contributed by atoms with E-state index in [0.717, 1.165) is 6.42 Å². The summed E-state index contributed by atoms with van der Waals surface area (Å²) in [5.74, 6) is 0.437. The molecule has 0 heterocycles. The summed E-state index contributed by atoms with van der Waals surface area (Å²) in [6.45, 7) is 4.92. The van der Waals surface area contributed by atoms with Crippen molar-refractivity contribution >= 4 is 0 Å². The Kier molecular flexibility index (Phi) is 34.1. The molecule has 4 nitrogen and oxygen atoms in total. The van der Waals surface area contributed by atoms with Gasteiger partial charge in [0.15, 0.2) is 0 Å². The minimum atomic E-state index is 0. The van der Waals surface area contributed by atoms with E-state index in [4.69, 9.17) is 11.5 Å². The first-order chi connectivity index (χ1) is 3.85. The van der Waals surface area contributed by atoms with Crippen molar-refractivity contribution in [1.82, 2.24) is 0 Å². The molecule has 74 valence electrons. The predicted octanol–water partition coefficient (Wildman–Crippen LogP) is -1.56. The fourth-order valence-corrected chi connectivity index (χ4v) is 0.524. The van der Waals surface area contributed by atoms with Crippen LogP contribution in [0.25, 0.3) is 0 Å². The number of hydrogen-bond donors (Lipinski definition) is 2. The zero-order valence-corrected chi connectivity index (χ0v) is 8.73. The molecule has 0 aromatic rings. The molecule has 0 radical (unpaired) electrons. The molecule has 0 unspecified atom stereocenters. The summed E-state index contributed by atoms with van der Waals surface area (Å²) >= 11 is 0. The molecule has 0 saturated carbocycles. The van der Waals surface area contributed by atoms with Gasteiger partial charge in [0.2, 0.25) is 0 Å². The first-order valence-electron chi connectivity index (χ1n) is 2.86. The second-order valence-electron chi connectivity index (χ2n) is 1.86. The molecule has 8 N–H and O–H groups in total. The average molecular weight is 345 g/mol. The summed E-state index contributed by atoms with van der Waals surface area (Å²) in [7, 11) is 0. The van der Waals surface area contributed by atoms with Gasteiger partial charge in [0.25, 0.3) is 0 Å². The van der Waals surface area contributed by atoms with Crippen LogP contribution in [0.5, 0.6) is 0 Å². The quantitative estimate of drug-likeness (QED) is 0.600. The van der Waals surface area contributed by atoms with Gasteiger partial charge in [0, 0.05) is 21.1 Å². The summed E-state index contributed by atoms with van der Waals surface area (Å²) in [4.78, 5) is 0. The molecule has 11 heavy (non-hydrogen) atoms. The van der Waals surface area contributed by atoms with Crippen LogP contribution in [0.3, 0.4) is 0 Å². The van der Waals surface area contributed by atoms with E-state index in [-0.39, 0.29) is 32.0 Å². The molecular formula is C6H18N2O2Pt. The first kappa shape index (κ1) is 22.5.